The SMILES string of the molecule is NCCCCC(NC(=O)C(N)CC(N)=O)C(=O)NC(Cc1ccccc1)C(=O)NC(CCC(=O)O)C(=O)O. The van der Waals surface area contributed by atoms with Crippen LogP contribution < -0.4 is 33.2 Å². The fourth-order valence-corrected chi connectivity index (χ4v) is 3.48. The first-order valence-electron chi connectivity index (χ1n) is 12.1. The van der Waals surface area contributed by atoms with Crippen molar-refractivity contribution in [3.8, 4) is 0 Å². The number of carboxylic acid groups (broad SMARTS) is 2. The molecule has 1 rings (SSSR count). The van der Waals surface area contributed by atoms with Crippen molar-refractivity contribution in [1.29, 1.82) is 0 Å². The summed E-state index contributed by atoms with van der Waals surface area (Å²) in [5.41, 5.74) is 16.9. The predicted molar refractivity (Wildman–Crippen MR) is 135 cm³/mol. The third-order valence-electron chi connectivity index (χ3n) is 5.51. The summed E-state index contributed by atoms with van der Waals surface area (Å²) in [6.07, 6.45) is -0.167. The highest BCUT2D eigenvalue weighted by molar-refractivity contribution is 5.95. The molecule has 11 N–H and O–H groups in total. The van der Waals surface area contributed by atoms with Crippen molar-refractivity contribution in [2.45, 2.75) is 69.1 Å². The van der Waals surface area contributed by atoms with E-state index in [0.717, 1.165) is 0 Å². The molecule has 14 heteroatoms. The van der Waals surface area contributed by atoms with Gasteiger partial charge >= 0.3 is 11.9 Å². The van der Waals surface area contributed by atoms with Gasteiger partial charge in [-0.05, 0) is 37.8 Å². The van der Waals surface area contributed by atoms with E-state index in [9.17, 15) is 33.9 Å². The minimum Gasteiger partial charge on any atom is -0.481 e. The van der Waals surface area contributed by atoms with Gasteiger partial charge in [-0.3, -0.25) is 24.0 Å². The van der Waals surface area contributed by atoms with Crippen molar-refractivity contribution in [3.05, 3.63) is 35.9 Å². The van der Waals surface area contributed by atoms with Crippen LogP contribution in [0, 0.1) is 0 Å². The molecule has 210 valence electrons. The van der Waals surface area contributed by atoms with E-state index in [2.05, 4.69) is 16.0 Å². The molecule has 0 saturated heterocycles. The molecule has 1 aromatic carbocycles. The number of carbonyl (C=O) groups excluding carboxylic acids is 4. The van der Waals surface area contributed by atoms with Gasteiger partial charge in [0.2, 0.25) is 23.6 Å². The molecule has 0 aliphatic rings. The van der Waals surface area contributed by atoms with Gasteiger partial charge in [-0.1, -0.05) is 30.3 Å². The second kappa shape index (κ2) is 16.7. The largest absolute Gasteiger partial charge is 0.481 e. The number of amides is 4. The quantitative estimate of drug-likeness (QED) is 0.0953. The monoisotopic (exact) mass is 536 g/mol. The first-order chi connectivity index (χ1) is 17.9. The summed E-state index contributed by atoms with van der Waals surface area (Å²) in [5, 5.41) is 25.6. The van der Waals surface area contributed by atoms with E-state index >= 15 is 0 Å². The van der Waals surface area contributed by atoms with Crippen LogP contribution in [0.1, 0.15) is 44.1 Å². The number of aliphatic carboxylic acids is 2. The van der Waals surface area contributed by atoms with E-state index in [-0.39, 0.29) is 19.3 Å². The molecule has 4 atom stereocenters. The highest BCUT2D eigenvalue weighted by Gasteiger charge is 2.30. The first kappa shape index (κ1) is 32.0. The van der Waals surface area contributed by atoms with Crippen molar-refractivity contribution < 1.29 is 39.0 Å². The Kier molecular flexibility index (Phi) is 14.0. The maximum absolute atomic E-state index is 13.2. The zero-order valence-electron chi connectivity index (χ0n) is 20.9. The van der Waals surface area contributed by atoms with Gasteiger partial charge in [0.1, 0.15) is 18.1 Å². The summed E-state index contributed by atoms with van der Waals surface area (Å²) in [7, 11) is 0. The van der Waals surface area contributed by atoms with Crippen molar-refractivity contribution >= 4 is 35.6 Å². The molecule has 1 aromatic rings. The minimum atomic E-state index is -1.50. The normalized spacial score (nSPS) is 13.8. The topological polar surface area (TPSA) is 257 Å². The van der Waals surface area contributed by atoms with Gasteiger partial charge in [-0.2, -0.15) is 0 Å². The van der Waals surface area contributed by atoms with Gasteiger partial charge in [-0.15, -0.1) is 0 Å². The molecule has 0 fully saturated rings. The van der Waals surface area contributed by atoms with Crippen molar-refractivity contribution in [3.63, 3.8) is 0 Å². The Labute approximate surface area is 219 Å². The van der Waals surface area contributed by atoms with Crippen LogP contribution in [0.3, 0.4) is 0 Å². The minimum absolute atomic E-state index is 0.0195. The molecule has 0 aromatic heterocycles. The fourth-order valence-electron chi connectivity index (χ4n) is 3.48. The number of nitrogens with two attached hydrogens (primary N) is 3. The zero-order chi connectivity index (χ0) is 28.7. The molecule has 0 spiro atoms. The summed E-state index contributed by atoms with van der Waals surface area (Å²) in [6.45, 7) is 0.343. The van der Waals surface area contributed by atoms with Gasteiger partial charge in [0, 0.05) is 12.8 Å². The van der Waals surface area contributed by atoms with E-state index in [1.807, 2.05) is 0 Å². The van der Waals surface area contributed by atoms with Crippen LogP contribution in [-0.2, 0) is 35.2 Å². The number of nitrogens with one attached hydrogen (secondary N) is 3. The second-order valence-electron chi connectivity index (χ2n) is 8.71. The molecular weight excluding hydrogens is 500 g/mol. The number of benzene rings is 1. The van der Waals surface area contributed by atoms with E-state index in [1.54, 1.807) is 30.3 Å². The maximum Gasteiger partial charge on any atom is 0.326 e. The summed E-state index contributed by atoms with van der Waals surface area (Å²) >= 11 is 0. The Morgan fingerprint density at radius 1 is 0.789 bits per heavy atom. The molecule has 4 amide bonds. The van der Waals surface area contributed by atoms with E-state index in [4.69, 9.17) is 22.3 Å². The van der Waals surface area contributed by atoms with Crippen molar-refractivity contribution in [2.75, 3.05) is 6.54 Å². The molecule has 4 unspecified atom stereocenters. The summed E-state index contributed by atoms with van der Waals surface area (Å²) < 4.78 is 0. The van der Waals surface area contributed by atoms with Gasteiger partial charge in [0.15, 0.2) is 0 Å². The summed E-state index contributed by atoms with van der Waals surface area (Å²) in [6, 6.07) is 3.41. The number of carboxylic acids is 2. The van der Waals surface area contributed by atoms with E-state index in [0.29, 0.717) is 24.9 Å². The van der Waals surface area contributed by atoms with Crippen LogP contribution in [0.15, 0.2) is 30.3 Å². The number of hydrogen-bond donors (Lipinski definition) is 8. The van der Waals surface area contributed by atoms with Gasteiger partial charge in [0.05, 0.1) is 12.5 Å². The third-order valence-corrected chi connectivity index (χ3v) is 5.51. The lowest BCUT2D eigenvalue weighted by atomic mass is 10.0. The third kappa shape index (κ3) is 12.3. The standard InChI is InChI=1S/C24H36N6O8/c25-11-5-4-8-16(28-21(34)15(26)13-19(27)31)22(35)30-18(12-14-6-2-1-3-7-14)23(36)29-17(24(37)38)9-10-20(32)33/h1-3,6-7,15-18H,4-5,8-13,25-26H2,(H2,27,31)(H,28,34)(H,29,36)(H,30,35)(H,32,33)(H,37,38). The highest BCUT2D eigenvalue weighted by atomic mass is 16.4. The van der Waals surface area contributed by atoms with Crippen LogP contribution in [-0.4, -0.2) is 76.5 Å². The van der Waals surface area contributed by atoms with Crippen LogP contribution in [0.25, 0.3) is 0 Å². The molecular formula is C24H36N6O8. The second-order valence-corrected chi connectivity index (χ2v) is 8.71. The fraction of sp³-hybridized carbons (Fsp3) is 0.500. The number of unbranched alkanes of at least 4 members (excludes halogenated alkanes) is 1. The molecule has 0 saturated carbocycles. The van der Waals surface area contributed by atoms with Crippen LogP contribution in [0.2, 0.25) is 0 Å². The first-order valence-corrected chi connectivity index (χ1v) is 12.1. The Bertz CT molecular complexity index is 974. The average molecular weight is 537 g/mol. The molecule has 38 heavy (non-hydrogen) atoms. The Balaban J connectivity index is 3.12. The molecule has 14 nitrogen and oxygen atoms in total. The Hall–Kier alpha value is -4.04. The van der Waals surface area contributed by atoms with Gasteiger partial charge < -0.3 is 43.4 Å². The number of primary amides is 1. The molecule has 0 heterocycles. The number of carbonyl (C=O) groups is 6. The lowest BCUT2D eigenvalue weighted by Gasteiger charge is -2.25. The average Bonchev–Trinajstić information content (AvgIpc) is 2.85. The molecule has 0 radical (unpaired) electrons. The van der Waals surface area contributed by atoms with Crippen LogP contribution in [0.4, 0.5) is 0 Å². The smallest absolute Gasteiger partial charge is 0.326 e. The Morgan fingerprint density at radius 3 is 1.92 bits per heavy atom. The lowest BCUT2D eigenvalue weighted by Crippen LogP contribution is -2.57. The zero-order valence-corrected chi connectivity index (χ0v) is 20.9. The van der Waals surface area contributed by atoms with E-state index in [1.165, 1.54) is 0 Å². The van der Waals surface area contributed by atoms with Crippen molar-refractivity contribution in [1.82, 2.24) is 16.0 Å². The summed E-state index contributed by atoms with van der Waals surface area (Å²) in [4.78, 5) is 72.3. The lowest BCUT2D eigenvalue weighted by molar-refractivity contribution is -0.143. The van der Waals surface area contributed by atoms with E-state index < -0.39 is 72.6 Å². The van der Waals surface area contributed by atoms with Crippen LogP contribution >= 0.6 is 0 Å². The molecule has 0 aliphatic heterocycles. The summed E-state index contributed by atoms with van der Waals surface area (Å²) in [5.74, 6) is -5.84. The number of rotatable bonds is 18. The molecule has 0 aliphatic carbocycles. The van der Waals surface area contributed by atoms with Gasteiger partial charge in [-0.25, -0.2) is 4.79 Å². The Morgan fingerprint density at radius 2 is 1.37 bits per heavy atom. The maximum atomic E-state index is 13.2. The molecule has 0 bridgehead atoms. The number of hydrogen-bond acceptors (Lipinski definition) is 8. The van der Waals surface area contributed by atoms with Crippen molar-refractivity contribution in [2.24, 2.45) is 17.2 Å². The predicted octanol–water partition coefficient (Wildman–Crippen LogP) is -2.04. The highest BCUT2D eigenvalue weighted by Crippen LogP contribution is 2.08. The van der Waals surface area contributed by atoms with Crippen LogP contribution in [0.5, 0.6) is 0 Å². The van der Waals surface area contributed by atoms with Gasteiger partial charge in [0.25, 0.3) is 0 Å².